The number of aromatic nitrogens is 4. The lowest BCUT2D eigenvalue weighted by molar-refractivity contribution is -0.119. The van der Waals surface area contributed by atoms with E-state index in [4.69, 9.17) is 4.98 Å². The first-order valence-corrected chi connectivity index (χ1v) is 11.7. The van der Waals surface area contributed by atoms with Crippen LogP contribution in [0.4, 0.5) is 23.0 Å². The quantitative estimate of drug-likeness (QED) is 0.588. The highest BCUT2D eigenvalue weighted by atomic mass is 16.2. The second-order valence-electron chi connectivity index (χ2n) is 9.40. The number of rotatable bonds is 5. The van der Waals surface area contributed by atoms with Gasteiger partial charge in [0.05, 0.1) is 22.8 Å². The summed E-state index contributed by atoms with van der Waals surface area (Å²) in [4.78, 5) is 25.9. The van der Waals surface area contributed by atoms with Gasteiger partial charge in [-0.05, 0) is 64.8 Å². The fourth-order valence-corrected chi connectivity index (χ4v) is 4.98. The van der Waals surface area contributed by atoms with Gasteiger partial charge in [0.1, 0.15) is 6.04 Å². The van der Waals surface area contributed by atoms with Crippen molar-refractivity contribution in [3.8, 4) is 11.3 Å². The highest BCUT2D eigenvalue weighted by Gasteiger charge is 2.35. The average Bonchev–Trinajstić information content (AvgIpc) is 3.11. The van der Waals surface area contributed by atoms with Crippen molar-refractivity contribution in [2.45, 2.75) is 65.0 Å². The van der Waals surface area contributed by atoms with Crippen molar-refractivity contribution in [3.63, 3.8) is 0 Å². The molecule has 172 valence electrons. The van der Waals surface area contributed by atoms with Gasteiger partial charge in [-0.25, -0.2) is 9.97 Å². The molecule has 3 aromatic rings. The molecule has 5 rings (SSSR count). The third-order valence-corrected chi connectivity index (χ3v) is 6.91. The Morgan fingerprint density at radius 2 is 1.97 bits per heavy atom. The number of nitrogens with zero attached hydrogens (tertiary/aromatic N) is 5. The topological polar surface area (TPSA) is 90.0 Å². The number of aryl methyl sites for hydroxylation is 1. The maximum absolute atomic E-state index is 12.7. The van der Waals surface area contributed by atoms with Crippen LogP contribution in [0.1, 0.15) is 57.3 Å². The summed E-state index contributed by atoms with van der Waals surface area (Å²) in [6.07, 6.45) is 5.42. The molecule has 1 saturated carbocycles. The van der Waals surface area contributed by atoms with Crippen LogP contribution in [0.15, 0.2) is 30.5 Å². The Balaban J connectivity index is 1.47. The molecule has 1 aliphatic carbocycles. The zero-order valence-corrected chi connectivity index (χ0v) is 19.9. The van der Waals surface area contributed by atoms with Gasteiger partial charge >= 0.3 is 0 Å². The third kappa shape index (κ3) is 3.63. The van der Waals surface area contributed by atoms with Crippen molar-refractivity contribution in [2.24, 2.45) is 0 Å². The van der Waals surface area contributed by atoms with Crippen LogP contribution in [0, 0.1) is 6.92 Å². The summed E-state index contributed by atoms with van der Waals surface area (Å²) in [6.45, 7) is 8.22. The highest BCUT2D eigenvalue weighted by Crippen LogP contribution is 2.41. The summed E-state index contributed by atoms with van der Waals surface area (Å²) < 4.78 is 0. The Kier molecular flexibility index (Phi) is 5.31. The normalized spacial score (nSPS) is 18.5. The number of carbonyl (C=O) groups excluding carboxylic acids is 1. The first-order chi connectivity index (χ1) is 15.8. The third-order valence-electron chi connectivity index (χ3n) is 6.91. The minimum atomic E-state index is -0.216. The number of hydrogen-bond acceptors (Lipinski definition) is 6. The van der Waals surface area contributed by atoms with Gasteiger partial charge in [-0.3, -0.25) is 9.89 Å². The predicted molar refractivity (Wildman–Crippen MR) is 131 cm³/mol. The van der Waals surface area contributed by atoms with Gasteiger partial charge in [0, 0.05) is 42.1 Å². The maximum atomic E-state index is 12.7. The van der Waals surface area contributed by atoms with Crippen molar-refractivity contribution in [3.05, 3.63) is 41.9 Å². The van der Waals surface area contributed by atoms with E-state index in [1.807, 2.05) is 39.1 Å². The minimum Gasteiger partial charge on any atom is -0.356 e. The molecule has 33 heavy (non-hydrogen) atoms. The zero-order chi connectivity index (χ0) is 23.3. The monoisotopic (exact) mass is 445 g/mol. The number of H-pyrrole nitrogens is 1. The molecule has 2 aromatic heterocycles. The molecule has 2 aliphatic rings. The van der Waals surface area contributed by atoms with E-state index in [9.17, 15) is 4.79 Å². The van der Waals surface area contributed by atoms with E-state index in [1.54, 1.807) is 11.1 Å². The van der Waals surface area contributed by atoms with Gasteiger partial charge in [0.15, 0.2) is 0 Å². The van der Waals surface area contributed by atoms with E-state index in [1.165, 1.54) is 19.3 Å². The van der Waals surface area contributed by atoms with Crippen molar-refractivity contribution >= 4 is 28.9 Å². The van der Waals surface area contributed by atoms with Gasteiger partial charge < -0.3 is 15.1 Å². The van der Waals surface area contributed by atoms with Crippen LogP contribution in [0.3, 0.4) is 0 Å². The summed E-state index contributed by atoms with van der Waals surface area (Å²) >= 11 is 0. The molecule has 1 aliphatic heterocycles. The number of nitrogens with one attached hydrogen (secondary N) is 2. The van der Waals surface area contributed by atoms with Crippen LogP contribution in [0.2, 0.25) is 0 Å². The molecule has 0 bridgehead atoms. The van der Waals surface area contributed by atoms with Crippen LogP contribution in [-0.2, 0) is 4.79 Å². The molecule has 8 nitrogen and oxygen atoms in total. The fourth-order valence-electron chi connectivity index (χ4n) is 4.98. The van der Waals surface area contributed by atoms with Gasteiger partial charge in [-0.1, -0.05) is 6.42 Å². The number of fused-ring (bicyclic) bond motifs is 1. The van der Waals surface area contributed by atoms with Crippen LogP contribution in [0.5, 0.6) is 0 Å². The van der Waals surface area contributed by atoms with Gasteiger partial charge in [-0.2, -0.15) is 5.10 Å². The second kappa shape index (κ2) is 8.17. The summed E-state index contributed by atoms with van der Waals surface area (Å²) in [6, 6.07) is 7.95. The molecule has 1 fully saturated rings. The van der Waals surface area contributed by atoms with E-state index in [2.05, 4.69) is 45.3 Å². The number of likely N-dealkylation sites (N-methyl/N-ethyl adjacent to an activating group) is 1. The van der Waals surface area contributed by atoms with Crippen LogP contribution in [0.25, 0.3) is 11.3 Å². The summed E-state index contributed by atoms with van der Waals surface area (Å²) in [7, 11) is 1.84. The van der Waals surface area contributed by atoms with Gasteiger partial charge in [0.25, 0.3) is 0 Å². The molecule has 1 aromatic carbocycles. The summed E-state index contributed by atoms with van der Waals surface area (Å²) in [5.41, 5.74) is 6.94. The van der Waals surface area contributed by atoms with E-state index in [-0.39, 0.29) is 18.0 Å². The Morgan fingerprint density at radius 1 is 1.18 bits per heavy atom. The minimum absolute atomic E-state index is 0.102. The lowest BCUT2D eigenvalue weighted by Gasteiger charge is -2.42. The van der Waals surface area contributed by atoms with Crippen molar-refractivity contribution < 1.29 is 4.79 Å². The van der Waals surface area contributed by atoms with E-state index in [0.29, 0.717) is 11.9 Å². The Bertz CT molecular complexity index is 1200. The molecule has 3 heterocycles. The van der Waals surface area contributed by atoms with Crippen LogP contribution >= 0.6 is 0 Å². The smallest absolute Gasteiger partial charge is 0.249 e. The van der Waals surface area contributed by atoms with E-state index >= 15 is 0 Å². The standard InChI is InChI=1S/C25H31N7O/c1-14(2)32-16(4)24(33)31(5)20-10-9-18(13-21(20)32)27-25-26-12-11-19(28-25)22-15(3)29-30-23(22)17-7-6-8-17/h9-14,16-17H,6-8H2,1-5H3,(H,29,30)(H,26,27,28). The van der Waals surface area contributed by atoms with Crippen molar-refractivity contribution in [1.82, 2.24) is 20.2 Å². The SMILES string of the molecule is Cc1[nH]nc(C2CCC2)c1-c1ccnc(Nc2ccc3c(c2)N(C(C)C)C(C)C(=O)N3C)n1. The van der Waals surface area contributed by atoms with Gasteiger partial charge in [0.2, 0.25) is 11.9 Å². The number of anilines is 4. The first kappa shape index (κ1) is 21.4. The predicted octanol–water partition coefficient (Wildman–Crippen LogP) is 4.77. The zero-order valence-electron chi connectivity index (χ0n) is 19.9. The lowest BCUT2D eigenvalue weighted by Crippen LogP contribution is -2.53. The number of benzene rings is 1. The second-order valence-corrected chi connectivity index (χ2v) is 9.40. The molecule has 1 amide bonds. The van der Waals surface area contributed by atoms with Crippen molar-refractivity contribution in [2.75, 3.05) is 22.2 Å². The maximum Gasteiger partial charge on any atom is 0.249 e. The number of hydrogen-bond donors (Lipinski definition) is 2. The largest absolute Gasteiger partial charge is 0.356 e. The molecule has 1 atom stereocenters. The molecule has 0 saturated heterocycles. The summed E-state index contributed by atoms with van der Waals surface area (Å²) in [5.74, 6) is 1.16. The molecular formula is C25H31N7O. The number of aromatic amines is 1. The molecule has 8 heteroatoms. The van der Waals surface area contributed by atoms with Gasteiger partial charge in [-0.15, -0.1) is 0 Å². The van der Waals surface area contributed by atoms with Crippen molar-refractivity contribution in [1.29, 1.82) is 0 Å². The van der Waals surface area contributed by atoms with E-state index in [0.717, 1.165) is 39.7 Å². The van der Waals surface area contributed by atoms with Crippen LogP contribution < -0.4 is 15.1 Å². The summed E-state index contributed by atoms with van der Waals surface area (Å²) in [5, 5.41) is 11.1. The fraction of sp³-hybridized carbons (Fsp3) is 0.440. The number of carbonyl (C=O) groups is 1. The first-order valence-electron chi connectivity index (χ1n) is 11.7. The molecular weight excluding hydrogens is 414 g/mol. The Hall–Kier alpha value is -3.42. The lowest BCUT2D eigenvalue weighted by atomic mass is 9.81. The number of amides is 1. The molecule has 0 radical (unpaired) electrons. The van der Waals surface area contributed by atoms with E-state index < -0.39 is 0 Å². The Morgan fingerprint density at radius 3 is 2.67 bits per heavy atom. The molecule has 1 unspecified atom stereocenters. The van der Waals surface area contributed by atoms with Crippen LogP contribution in [-0.4, -0.2) is 45.2 Å². The molecule has 0 spiro atoms. The Labute approximate surface area is 194 Å². The highest BCUT2D eigenvalue weighted by molar-refractivity contribution is 6.05. The molecule has 2 N–H and O–H groups in total. The average molecular weight is 446 g/mol.